The van der Waals surface area contributed by atoms with Crippen LogP contribution in [0, 0.1) is 5.41 Å². The lowest BCUT2D eigenvalue weighted by Crippen LogP contribution is -2.30. The van der Waals surface area contributed by atoms with Crippen molar-refractivity contribution in [1.82, 2.24) is 10.2 Å². The van der Waals surface area contributed by atoms with Gasteiger partial charge in [-0.3, -0.25) is 0 Å². The molecule has 1 unspecified atom stereocenters. The van der Waals surface area contributed by atoms with Crippen molar-refractivity contribution in [2.75, 3.05) is 5.32 Å². The van der Waals surface area contributed by atoms with E-state index in [9.17, 15) is 0 Å². The maximum absolute atomic E-state index is 5.18. The first-order valence-electron chi connectivity index (χ1n) is 6.78. The van der Waals surface area contributed by atoms with Crippen molar-refractivity contribution in [1.29, 1.82) is 0 Å². The van der Waals surface area contributed by atoms with Crippen molar-refractivity contribution in [3.05, 3.63) is 30.7 Å². The summed E-state index contributed by atoms with van der Waals surface area (Å²) in [5, 5.41) is 11.2. The summed E-state index contributed by atoms with van der Waals surface area (Å²) in [5.74, 6) is 0.563. The van der Waals surface area contributed by atoms with Gasteiger partial charge >= 0.3 is 0 Å². The van der Waals surface area contributed by atoms with Gasteiger partial charge in [0.05, 0.1) is 0 Å². The predicted octanol–water partition coefficient (Wildman–Crippen LogP) is 3.73. The minimum absolute atomic E-state index is 0.380. The molecule has 1 aromatic carbocycles. The van der Waals surface area contributed by atoms with E-state index in [0.717, 1.165) is 11.3 Å². The zero-order chi connectivity index (χ0) is 13.3. The Kier molecular flexibility index (Phi) is 3.01. The summed E-state index contributed by atoms with van der Waals surface area (Å²) >= 11 is 0. The Balaban J connectivity index is 1.73. The Morgan fingerprint density at radius 1 is 1.26 bits per heavy atom. The molecule has 0 aliphatic heterocycles. The Morgan fingerprint density at radius 3 is 2.63 bits per heavy atom. The highest BCUT2D eigenvalue weighted by atomic mass is 16.4. The average molecular weight is 257 g/mol. The molecule has 0 saturated heterocycles. The molecule has 3 rings (SSSR count). The van der Waals surface area contributed by atoms with Crippen molar-refractivity contribution in [2.45, 2.75) is 39.2 Å². The number of nitrogens with zero attached hydrogens (tertiary/aromatic N) is 2. The minimum Gasteiger partial charge on any atom is -0.423 e. The molecule has 2 aromatic rings. The van der Waals surface area contributed by atoms with Crippen LogP contribution in [0.25, 0.3) is 11.5 Å². The summed E-state index contributed by atoms with van der Waals surface area (Å²) < 4.78 is 5.18. The van der Waals surface area contributed by atoms with Crippen LogP contribution in [0.2, 0.25) is 0 Å². The zero-order valence-corrected chi connectivity index (χ0v) is 11.4. The van der Waals surface area contributed by atoms with Crippen molar-refractivity contribution >= 4 is 5.69 Å². The zero-order valence-electron chi connectivity index (χ0n) is 11.4. The van der Waals surface area contributed by atoms with Gasteiger partial charge in [0.2, 0.25) is 12.3 Å². The van der Waals surface area contributed by atoms with E-state index in [2.05, 4.69) is 41.5 Å². The minimum atomic E-state index is 0.380. The fourth-order valence-corrected chi connectivity index (χ4v) is 2.80. The van der Waals surface area contributed by atoms with Crippen LogP contribution in [-0.4, -0.2) is 16.2 Å². The monoisotopic (exact) mass is 257 g/mol. The third kappa shape index (κ3) is 2.48. The molecule has 0 bridgehead atoms. The number of nitrogens with one attached hydrogen (secondary N) is 1. The van der Waals surface area contributed by atoms with Crippen LogP contribution < -0.4 is 5.32 Å². The lowest BCUT2D eigenvalue weighted by Gasteiger charge is -2.28. The summed E-state index contributed by atoms with van der Waals surface area (Å²) in [4.78, 5) is 0. The van der Waals surface area contributed by atoms with Gasteiger partial charge in [-0.1, -0.05) is 20.3 Å². The molecular formula is C15H19N3O. The average Bonchev–Trinajstić information content (AvgIpc) is 3.01. The molecular weight excluding hydrogens is 238 g/mol. The summed E-state index contributed by atoms with van der Waals surface area (Å²) in [5.41, 5.74) is 2.49. The van der Waals surface area contributed by atoms with Gasteiger partial charge < -0.3 is 9.73 Å². The summed E-state index contributed by atoms with van der Waals surface area (Å²) in [6.45, 7) is 4.68. The molecule has 1 heterocycles. The molecule has 1 aliphatic rings. The first-order chi connectivity index (χ1) is 9.15. The van der Waals surface area contributed by atoms with Crippen LogP contribution in [0.15, 0.2) is 35.1 Å². The second kappa shape index (κ2) is 4.68. The van der Waals surface area contributed by atoms with Gasteiger partial charge in [-0.05, 0) is 42.5 Å². The summed E-state index contributed by atoms with van der Waals surface area (Å²) in [6, 6.07) is 8.74. The fraction of sp³-hybridized carbons (Fsp3) is 0.467. The van der Waals surface area contributed by atoms with Crippen molar-refractivity contribution in [3.8, 4) is 11.5 Å². The molecule has 19 heavy (non-hydrogen) atoms. The topological polar surface area (TPSA) is 51.0 Å². The predicted molar refractivity (Wildman–Crippen MR) is 74.8 cm³/mol. The van der Waals surface area contributed by atoms with E-state index in [1.807, 2.05) is 12.1 Å². The Bertz CT molecular complexity index is 531. The third-order valence-electron chi connectivity index (χ3n) is 4.09. The van der Waals surface area contributed by atoms with Crippen LogP contribution in [0.5, 0.6) is 0 Å². The molecule has 1 atom stereocenters. The molecule has 4 heteroatoms. The fourth-order valence-electron chi connectivity index (χ4n) is 2.80. The van der Waals surface area contributed by atoms with Crippen molar-refractivity contribution in [2.24, 2.45) is 5.41 Å². The highest BCUT2D eigenvalue weighted by Gasteiger charge is 2.34. The quantitative estimate of drug-likeness (QED) is 0.910. The number of anilines is 1. The van der Waals surface area contributed by atoms with Gasteiger partial charge in [-0.25, -0.2) is 0 Å². The maximum Gasteiger partial charge on any atom is 0.247 e. The Labute approximate surface area is 113 Å². The van der Waals surface area contributed by atoms with Crippen molar-refractivity contribution < 1.29 is 4.42 Å². The maximum atomic E-state index is 5.18. The van der Waals surface area contributed by atoms with Crippen LogP contribution >= 0.6 is 0 Å². The Hall–Kier alpha value is -1.84. The van der Waals surface area contributed by atoms with Gasteiger partial charge in [0, 0.05) is 17.3 Å². The van der Waals surface area contributed by atoms with Gasteiger partial charge in [-0.15, -0.1) is 10.2 Å². The van der Waals surface area contributed by atoms with Gasteiger partial charge in [0.1, 0.15) is 0 Å². The smallest absolute Gasteiger partial charge is 0.247 e. The van der Waals surface area contributed by atoms with E-state index in [0.29, 0.717) is 17.3 Å². The first kappa shape index (κ1) is 12.2. The molecule has 4 nitrogen and oxygen atoms in total. The second-order valence-electron chi connectivity index (χ2n) is 5.90. The van der Waals surface area contributed by atoms with Crippen molar-refractivity contribution in [3.63, 3.8) is 0 Å². The van der Waals surface area contributed by atoms with Gasteiger partial charge in [-0.2, -0.15) is 0 Å². The molecule has 1 N–H and O–H groups in total. The molecule has 1 saturated carbocycles. The lowest BCUT2D eigenvalue weighted by atomic mass is 9.87. The van der Waals surface area contributed by atoms with Gasteiger partial charge in [0.25, 0.3) is 0 Å². The SMILES string of the molecule is CC1(C)CCCC1Nc1ccc(-c2nnco2)cc1. The highest BCUT2D eigenvalue weighted by Crippen LogP contribution is 2.39. The molecule has 1 fully saturated rings. The second-order valence-corrected chi connectivity index (χ2v) is 5.90. The molecule has 100 valence electrons. The molecule has 0 spiro atoms. The van der Waals surface area contributed by atoms with E-state index in [1.54, 1.807) is 0 Å². The van der Waals surface area contributed by atoms with E-state index in [4.69, 9.17) is 4.42 Å². The normalized spacial score (nSPS) is 21.5. The van der Waals surface area contributed by atoms with E-state index < -0.39 is 0 Å². The number of benzene rings is 1. The molecule has 1 aliphatic carbocycles. The van der Waals surface area contributed by atoms with E-state index in [-0.39, 0.29) is 0 Å². The van der Waals surface area contributed by atoms with Crippen LogP contribution in [-0.2, 0) is 0 Å². The number of rotatable bonds is 3. The van der Waals surface area contributed by atoms with Gasteiger partial charge in [0.15, 0.2) is 0 Å². The first-order valence-corrected chi connectivity index (χ1v) is 6.78. The van der Waals surface area contributed by atoms with E-state index >= 15 is 0 Å². The number of aromatic nitrogens is 2. The molecule has 1 aromatic heterocycles. The number of hydrogen-bond donors (Lipinski definition) is 1. The molecule has 0 radical (unpaired) electrons. The summed E-state index contributed by atoms with van der Waals surface area (Å²) in [6.07, 6.45) is 5.20. The van der Waals surface area contributed by atoms with Crippen LogP contribution in [0.1, 0.15) is 33.1 Å². The number of hydrogen-bond acceptors (Lipinski definition) is 4. The van der Waals surface area contributed by atoms with E-state index in [1.165, 1.54) is 25.7 Å². The Morgan fingerprint density at radius 2 is 2.05 bits per heavy atom. The van der Waals surface area contributed by atoms with Crippen LogP contribution in [0.3, 0.4) is 0 Å². The molecule has 0 amide bonds. The standard InChI is InChI=1S/C15H19N3O/c1-15(2)9-3-4-13(15)17-12-7-5-11(6-8-12)14-18-16-10-19-14/h5-8,10,13,17H,3-4,9H2,1-2H3. The third-order valence-corrected chi connectivity index (χ3v) is 4.09. The summed E-state index contributed by atoms with van der Waals surface area (Å²) in [7, 11) is 0. The highest BCUT2D eigenvalue weighted by molar-refractivity contribution is 5.58. The lowest BCUT2D eigenvalue weighted by molar-refractivity contribution is 0.350. The van der Waals surface area contributed by atoms with Crippen LogP contribution in [0.4, 0.5) is 5.69 Å². The largest absolute Gasteiger partial charge is 0.423 e.